The molecule has 0 aromatic rings. The first kappa shape index (κ1) is 14.0. The van der Waals surface area contributed by atoms with Gasteiger partial charge in [0, 0.05) is 18.5 Å². The highest BCUT2D eigenvalue weighted by Gasteiger charge is 2.35. The molecule has 1 heterocycles. The number of hydrogen-bond acceptors (Lipinski definition) is 2. The van der Waals surface area contributed by atoms with E-state index in [-0.39, 0.29) is 11.5 Å². The third-order valence-corrected chi connectivity index (χ3v) is 4.26. The molecule has 1 rings (SSSR count). The quantitative estimate of drug-likeness (QED) is 0.801. The van der Waals surface area contributed by atoms with Gasteiger partial charge in [0.1, 0.15) is 0 Å². The maximum absolute atomic E-state index is 9.74. The van der Waals surface area contributed by atoms with E-state index in [9.17, 15) is 5.11 Å². The lowest BCUT2D eigenvalue weighted by Crippen LogP contribution is -2.40. The molecule has 16 heavy (non-hydrogen) atoms. The Morgan fingerprint density at radius 3 is 2.19 bits per heavy atom. The van der Waals surface area contributed by atoms with Crippen LogP contribution < -0.4 is 0 Å². The van der Waals surface area contributed by atoms with Crippen molar-refractivity contribution < 1.29 is 5.11 Å². The summed E-state index contributed by atoms with van der Waals surface area (Å²) in [5.74, 6) is 0.803. The fourth-order valence-corrected chi connectivity index (χ4v) is 2.39. The SMILES string of the molecule is CC(O)C(C)(C)CN1CCC(C(C)(C)C)C1. The molecule has 0 aliphatic carbocycles. The highest BCUT2D eigenvalue weighted by atomic mass is 16.3. The Morgan fingerprint density at radius 2 is 1.81 bits per heavy atom. The molecule has 0 saturated carbocycles. The first-order valence-electron chi connectivity index (χ1n) is 6.53. The van der Waals surface area contributed by atoms with Gasteiger partial charge >= 0.3 is 0 Å². The van der Waals surface area contributed by atoms with Gasteiger partial charge in [-0.05, 0) is 31.2 Å². The van der Waals surface area contributed by atoms with Crippen LogP contribution in [0.25, 0.3) is 0 Å². The van der Waals surface area contributed by atoms with Crippen molar-refractivity contribution in [2.24, 2.45) is 16.7 Å². The van der Waals surface area contributed by atoms with Crippen molar-refractivity contribution in [3.63, 3.8) is 0 Å². The second kappa shape index (κ2) is 4.66. The lowest BCUT2D eigenvalue weighted by atomic mass is 9.80. The van der Waals surface area contributed by atoms with Gasteiger partial charge in [-0.2, -0.15) is 0 Å². The summed E-state index contributed by atoms with van der Waals surface area (Å²) in [7, 11) is 0. The molecule has 0 bridgehead atoms. The molecule has 1 aliphatic rings. The summed E-state index contributed by atoms with van der Waals surface area (Å²) in [6.07, 6.45) is 1.07. The standard InChI is InChI=1S/C14H29NO/c1-11(16)14(5,6)10-15-8-7-12(9-15)13(2,3)4/h11-12,16H,7-10H2,1-6H3. The van der Waals surface area contributed by atoms with E-state index < -0.39 is 0 Å². The fraction of sp³-hybridized carbons (Fsp3) is 1.00. The summed E-state index contributed by atoms with van der Waals surface area (Å²) in [6.45, 7) is 16.6. The van der Waals surface area contributed by atoms with Crippen LogP contribution in [-0.2, 0) is 0 Å². The molecule has 2 heteroatoms. The van der Waals surface area contributed by atoms with E-state index in [0.717, 1.165) is 12.5 Å². The smallest absolute Gasteiger partial charge is 0.0575 e. The summed E-state index contributed by atoms with van der Waals surface area (Å²) < 4.78 is 0. The molecule has 0 spiro atoms. The summed E-state index contributed by atoms with van der Waals surface area (Å²) in [4.78, 5) is 2.52. The van der Waals surface area contributed by atoms with E-state index in [0.29, 0.717) is 5.41 Å². The summed E-state index contributed by atoms with van der Waals surface area (Å²) in [6, 6.07) is 0. The maximum Gasteiger partial charge on any atom is 0.0575 e. The summed E-state index contributed by atoms with van der Waals surface area (Å²) in [5.41, 5.74) is 0.427. The van der Waals surface area contributed by atoms with Crippen LogP contribution in [0.1, 0.15) is 48.0 Å². The van der Waals surface area contributed by atoms with Gasteiger partial charge < -0.3 is 10.0 Å². The fourth-order valence-electron chi connectivity index (χ4n) is 2.39. The van der Waals surface area contributed by atoms with Crippen molar-refractivity contribution in [1.29, 1.82) is 0 Å². The van der Waals surface area contributed by atoms with Crippen LogP contribution in [0.15, 0.2) is 0 Å². The molecule has 2 nitrogen and oxygen atoms in total. The number of aliphatic hydroxyl groups excluding tert-OH is 1. The zero-order valence-corrected chi connectivity index (χ0v) is 11.9. The minimum Gasteiger partial charge on any atom is -0.393 e. The molecule has 2 atom stereocenters. The first-order valence-corrected chi connectivity index (χ1v) is 6.53. The van der Waals surface area contributed by atoms with E-state index in [1.165, 1.54) is 19.5 Å². The van der Waals surface area contributed by atoms with Crippen LogP contribution in [0.4, 0.5) is 0 Å². The molecule has 0 aromatic carbocycles. The monoisotopic (exact) mass is 227 g/mol. The zero-order valence-electron chi connectivity index (χ0n) is 11.9. The van der Waals surface area contributed by atoms with Gasteiger partial charge in [0.15, 0.2) is 0 Å². The van der Waals surface area contributed by atoms with Crippen molar-refractivity contribution in [3.8, 4) is 0 Å². The molecule has 1 saturated heterocycles. The Kier molecular flexibility index (Phi) is 4.07. The van der Waals surface area contributed by atoms with Gasteiger partial charge in [-0.15, -0.1) is 0 Å². The average Bonchev–Trinajstić information content (AvgIpc) is 2.50. The first-order chi connectivity index (χ1) is 7.13. The normalized spacial score (nSPS) is 26.1. The largest absolute Gasteiger partial charge is 0.393 e. The average molecular weight is 227 g/mol. The molecule has 0 radical (unpaired) electrons. The Balaban J connectivity index is 2.49. The van der Waals surface area contributed by atoms with Gasteiger partial charge in [0.05, 0.1) is 6.10 Å². The van der Waals surface area contributed by atoms with E-state index in [1.54, 1.807) is 0 Å². The number of rotatable bonds is 3. The Morgan fingerprint density at radius 1 is 1.25 bits per heavy atom. The van der Waals surface area contributed by atoms with Gasteiger partial charge in [-0.25, -0.2) is 0 Å². The van der Waals surface area contributed by atoms with Gasteiger partial charge in [0.25, 0.3) is 0 Å². The predicted octanol–water partition coefficient (Wildman–Crippen LogP) is 2.76. The topological polar surface area (TPSA) is 23.5 Å². The van der Waals surface area contributed by atoms with Crippen molar-refractivity contribution in [2.75, 3.05) is 19.6 Å². The molecule has 1 fully saturated rings. The summed E-state index contributed by atoms with van der Waals surface area (Å²) >= 11 is 0. The lowest BCUT2D eigenvalue weighted by Gasteiger charge is -2.33. The maximum atomic E-state index is 9.74. The minimum atomic E-state index is -0.235. The minimum absolute atomic E-state index is 0.00672. The van der Waals surface area contributed by atoms with Crippen LogP contribution in [0.5, 0.6) is 0 Å². The van der Waals surface area contributed by atoms with E-state index in [1.807, 2.05) is 6.92 Å². The second-order valence-electron chi connectivity index (χ2n) is 7.25. The number of hydrogen-bond donors (Lipinski definition) is 1. The second-order valence-corrected chi connectivity index (χ2v) is 7.25. The number of aliphatic hydroxyl groups is 1. The molecular formula is C14H29NO. The highest BCUT2D eigenvalue weighted by Crippen LogP contribution is 2.35. The molecule has 2 unspecified atom stereocenters. The van der Waals surface area contributed by atoms with E-state index in [2.05, 4.69) is 39.5 Å². The van der Waals surface area contributed by atoms with Crippen LogP contribution in [0, 0.1) is 16.7 Å². The van der Waals surface area contributed by atoms with Crippen LogP contribution in [0.3, 0.4) is 0 Å². The van der Waals surface area contributed by atoms with Crippen LogP contribution in [0.2, 0.25) is 0 Å². The van der Waals surface area contributed by atoms with E-state index in [4.69, 9.17) is 0 Å². The molecule has 0 amide bonds. The van der Waals surface area contributed by atoms with E-state index >= 15 is 0 Å². The molecule has 96 valence electrons. The van der Waals surface area contributed by atoms with Crippen LogP contribution >= 0.6 is 0 Å². The third kappa shape index (κ3) is 3.46. The molecule has 0 aromatic heterocycles. The van der Waals surface area contributed by atoms with Gasteiger partial charge in [-0.1, -0.05) is 34.6 Å². The Bertz CT molecular complexity index is 227. The van der Waals surface area contributed by atoms with Gasteiger partial charge in [0.2, 0.25) is 0 Å². The number of nitrogens with zero attached hydrogens (tertiary/aromatic N) is 1. The molecular weight excluding hydrogens is 198 g/mol. The number of likely N-dealkylation sites (tertiary alicyclic amines) is 1. The highest BCUT2D eigenvalue weighted by molar-refractivity contribution is 4.87. The lowest BCUT2D eigenvalue weighted by molar-refractivity contribution is 0.0381. The Labute approximate surface area is 101 Å². The third-order valence-electron chi connectivity index (χ3n) is 4.26. The van der Waals surface area contributed by atoms with Crippen molar-refractivity contribution in [2.45, 2.75) is 54.1 Å². The van der Waals surface area contributed by atoms with Crippen molar-refractivity contribution in [1.82, 2.24) is 4.90 Å². The van der Waals surface area contributed by atoms with Gasteiger partial charge in [-0.3, -0.25) is 0 Å². The van der Waals surface area contributed by atoms with Crippen molar-refractivity contribution >= 4 is 0 Å². The zero-order chi connectivity index (χ0) is 12.6. The van der Waals surface area contributed by atoms with Crippen LogP contribution in [-0.4, -0.2) is 35.7 Å². The summed E-state index contributed by atoms with van der Waals surface area (Å²) in [5, 5.41) is 9.74. The molecule has 1 N–H and O–H groups in total. The van der Waals surface area contributed by atoms with Crippen molar-refractivity contribution in [3.05, 3.63) is 0 Å². The predicted molar refractivity (Wildman–Crippen MR) is 69.5 cm³/mol. The Hall–Kier alpha value is -0.0800. The molecule has 1 aliphatic heterocycles.